The van der Waals surface area contributed by atoms with Gasteiger partial charge >= 0.3 is 0 Å². The number of amides is 1. The van der Waals surface area contributed by atoms with Gasteiger partial charge in [0.1, 0.15) is 11.9 Å². The molecule has 3 rings (SSSR count). The summed E-state index contributed by atoms with van der Waals surface area (Å²) in [7, 11) is 1.97. The lowest BCUT2D eigenvalue weighted by atomic mass is 10.1. The van der Waals surface area contributed by atoms with E-state index in [1.165, 1.54) is 6.20 Å². The fourth-order valence-corrected chi connectivity index (χ4v) is 2.58. The van der Waals surface area contributed by atoms with Gasteiger partial charge in [0.2, 0.25) is 5.89 Å². The molecule has 0 saturated carbocycles. The van der Waals surface area contributed by atoms with Gasteiger partial charge in [0.15, 0.2) is 5.82 Å². The van der Waals surface area contributed by atoms with Crippen molar-refractivity contribution in [3.8, 4) is 6.07 Å². The Bertz CT molecular complexity index is 989. The molecule has 0 spiro atoms. The van der Waals surface area contributed by atoms with E-state index in [9.17, 15) is 4.79 Å². The van der Waals surface area contributed by atoms with Crippen LogP contribution in [0.4, 0.5) is 5.82 Å². The number of rotatable bonds is 6. The second-order valence-electron chi connectivity index (χ2n) is 6.47. The van der Waals surface area contributed by atoms with Crippen molar-refractivity contribution < 1.29 is 9.32 Å². The van der Waals surface area contributed by atoms with Gasteiger partial charge in [-0.2, -0.15) is 10.2 Å². The van der Waals surface area contributed by atoms with Gasteiger partial charge in [0.25, 0.3) is 5.91 Å². The number of benzene rings is 1. The van der Waals surface area contributed by atoms with E-state index >= 15 is 0 Å². The highest BCUT2D eigenvalue weighted by Crippen LogP contribution is 2.19. The molecule has 0 radical (unpaired) electrons. The maximum absolute atomic E-state index is 12.3. The highest BCUT2D eigenvalue weighted by Gasteiger charge is 2.18. The molecule has 0 aliphatic carbocycles. The number of carbonyl (C=O) groups excluding carboxylic acids is 1. The van der Waals surface area contributed by atoms with Gasteiger partial charge in [-0.1, -0.05) is 17.3 Å². The zero-order valence-electron chi connectivity index (χ0n) is 15.9. The number of pyridine rings is 1. The van der Waals surface area contributed by atoms with Gasteiger partial charge in [0, 0.05) is 18.3 Å². The molecule has 28 heavy (non-hydrogen) atoms. The summed E-state index contributed by atoms with van der Waals surface area (Å²) in [4.78, 5) is 22.7. The van der Waals surface area contributed by atoms with Gasteiger partial charge in [-0.05, 0) is 50.7 Å². The lowest BCUT2D eigenvalue weighted by Gasteiger charge is -2.21. The molecule has 0 fully saturated rings. The van der Waals surface area contributed by atoms with Gasteiger partial charge in [0.05, 0.1) is 11.6 Å². The summed E-state index contributed by atoms with van der Waals surface area (Å²) in [6.45, 7) is 4.46. The highest BCUT2D eigenvalue weighted by atomic mass is 16.5. The smallest absolute Gasteiger partial charge is 0.256 e. The molecule has 8 heteroatoms. The van der Waals surface area contributed by atoms with E-state index in [1.807, 2.05) is 32.2 Å². The summed E-state index contributed by atoms with van der Waals surface area (Å²) < 4.78 is 5.23. The van der Waals surface area contributed by atoms with Crippen LogP contribution < -0.4 is 5.32 Å². The van der Waals surface area contributed by atoms with Crippen molar-refractivity contribution in [3.63, 3.8) is 0 Å². The Balaban J connectivity index is 1.60. The van der Waals surface area contributed by atoms with Crippen LogP contribution in [0.5, 0.6) is 0 Å². The third-order valence-corrected chi connectivity index (χ3v) is 4.34. The predicted octanol–water partition coefficient (Wildman–Crippen LogP) is 3.09. The molecule has 1 aromatic carbocycles. The van der Waals surface area contributed by atoms with Crippen molar-refractivity contribution in [1.29, 1.82) is 5.26 Å². The summed E-state index contributed by atoms with van der Waals surface area (Å²) in [5, 5.41) is 15.3. The molecule has 142 valence electrons. The van der Waals surface area contributed by atoms with Crippen molar-refractivity contribution in [2.75, 3.05) is 12.4 Å². The average Bonchev–Trinajstić information content (AvgIpc) is 3.14. The first-order valence-electron chi connectivity index (χ1n) is 8.73. The molecule has 0 bridgehead atoms. The quantitative estimate of drug-likeness (QED) is 0.704. The Morgan fingerprint density at radius 2 is 2.04 bits per heavy atom. The Morgan fingerprint density at radius 1 is 1.29 bits per heavy atom. The maximum atomic E-state index is 12.3. The monoisotopic (exact) mass is 376 g/mol. The summed E-state index contributed by atoms with van der Waals surface area (Å²) >= 11 is 0. The van der Waals surface area contributed by atoms with Crippen LogP contribution in [0.1, 0.15) is 46.2 Å². The van der Waals surface area contributed by atoms with Crippen LogP contribution in [0.25, 0.3) is 0 Å². The van der Waals surface area contributed by atoms with Crippen LogP contribution in [0.2, 0.25) is 0 Å². The zero-order chi connectivity index (χ0) is 20.1. The number of aryl methyl sites for hydroxylation is 1. The van der Waals surface area contributed by atoms with Crippen molar-refractivity contribution in [2.24, 2.45) is 0 Å². The highest BCUT2D eigenvalue weighted by molar-refractivity contribution is 6.03. The first-order valence-corrected chi connectivity index (χ1v) is 8.73. The molecular weight excluding hydrogens is 356 g/mol. The van der Waals surface area contributed by atoms with Crippen molar-refractivity contribution in [3.05, 3.63) is 71.0 Å². The molecule has 2 aromatic heterocycles. The van der Waals surface area contributed by atoms with Crippen LogP contribution in [-0.2, 0) is 6.54 Å². The van der Waals surface area contributed by atoms with Crippen molar-refractivity contribution in [2.45, 2.75) is 26.4 Å². The molecule has 0 aliphatic heterocycles. The summed E-state index contributed by atoms with van der Waals surface area (Å²) in [5.41, 5.74) is 2.02. The lowest BCUT2D eigenvalue weighted by Crippen LogP contribution is -2.22. The number of aromatic nitrogens is 3. The van der Waals surface area contributed by atoms with E-state index in [2.05, 4.69) is 25.3 Å². The van der Waals surface area contributed by atoms with Gasteiger partial charge in [-0.3, -0.25) is 9.69 Å². The molecule has 0 unspecified atom stereocenters. The second-order valence-corrected chi connectivity index (χ2v) is 6.47. The third kappa shape index (κ3) is 4.58. The summed E-state index contributed by atoms with van der Waals surface area (Å²) in [5.74, 6) is 1.33. The molecule has 1 atom stereocenters. The number of carbonyl (C=O) groups is 1. The summed E-state index contributed by atoms with van der Waals surface area (Å²) in [6.07, 6.45) is 1.42. The Labute approximate surface area is 162 Å². The molecule has 3 aromatic rings. The van der Waals surface area contributed by atoms with Crippen LogP contribution in [-0.4, -0.2) is 33.0 Å². The van der Waals surface area contributed by atoms with Crippen LogP contribution >= 0.6 is 0 Å². The van der Waals surface area contributed by atoms with Crippen LogP contribution in [0.15, 0.2) is 47.1 Å². The van der Waals surface area contributed by atoms with Crippen LogP contribution in [0, 0.1) is 18.3 Å². The minimum Gasteiger partial charge on any atom is -0.338 e. The van der Waals surface area contributed by atoms with E-state index in [0.717, 1.165) is 5.56 Å². The molecule has 8 nitrogen and oxygen atoms in total. The molecule has 1 amide bonds. The fraction of sp³-hybridized carbons (Fsp3) is 0.250. The van der Waals surface area contributed by atoms with E-state index < -0.39 is 0 Å². The number of nitriles is 1. The first kappa shape index (κ1) is 19.2. The van der Waals surface area contributed by atoms with E-state index in [1.54, 1.807) is 31.2 Å². The predicted molar refractivity (Wildman–Crippen MR) is 102 cm³/mol. The average molecular weight is 376 g/mol. The number of nitrogens with one attached hydrogen (secondary N) is 1. The molecular formula is C20H20N6O2. The van der Waals surface area contributed by atoms with Crippen molar-refractivity contribution in [1.82, 2.24) is 20.0 Å². The van der Waals surface area contributed by atoms with Gasteiger partial charge in [-0.15, -0.1) is 0 Å². The Hall–Kier alpha value is -3.57. The zero-order valence-corrected chi connectivity index (χ0v) is 15.9. The normalized spacial score (nSPS) is 11.8. The molecule has 1 N–H and O–H groups in total. The fourth-order valence-electron chi connectivity index (χ4n) is 2.58. The SMILES string of the molecule is Cc1noc([C@@H](C)N(C)Cc2ccc(C(=O)Nc3ccc(C#N)cn3)cc2)n1. The van der Waals surface area contributed by atoms with Gasteiger partial charge < -0.3 is 9.84 Å². The largest absolute Gasteiger partial charge is 0.338 e. The number of nitrogens with zero attached hydrogens (tertiary/aromatic N) is 5. The molecule has 2 heterocycles. The van der Waals surface area contributed by atoms with Crippen LogP contribution in [0.3, 0.4) is 0 Å². The third-order valence-electron chi connectivity index (χ3n) is 4.34. The van der Waals surface area contributed by atoms with E-state index in [-0.39, 0.29) is 11.9 Å². The number of anilines is 1. The minimum absolute atomic E-state index is 0.0216. The number of hydrogen-bond acceptors (Lipinski definition) is 7. The summed E-state index contributed by atoms with van der Waals surface area (Å²) in [6, 6.07) is 12.5. The molecule has 0 saturated heterocycles. The Kier molecular flexibility index (Phi) is 5.77. The van der Waals surface area contributed by atoms with Crippen molar-refractivity contribution >= 4 is 11.7 Å². The lowest BCUT2D eigenvalue weighted by molar-refractivity contribution is 0.102. The van der Waals surface area contributed by atoms with E-state index in [4.69, 9.17) is 9.78 Å². The Morgan fingerprint density at radius 3 is 2.61 bits per heavy atom. The topological polar surface area (TPSA) is 108 Å². The number of hydrogen-bond donors (Lipinski definition) is 1. The maximum Gasteiger partial charge on any atom is 0.256 e. The molecule has 0 aliphatic rings. The minimum atomic E-state index is -0.258. The second kappa shape index (κ2) is 8.41. The van der Waals surface area contributed by atoms with Gasteiger partial charge in [-0.25, -0.2) is 4.98 Å². The standard InChI is InChI=1S/C20H20N6O2/c1-13(20-23-14(2)25-28-20)26(3)12-15-4-7-17(8-5-15)19(27)24-18-9-6-16(10-21)11-22-18/h4-9,11,13H,12H2,1-3H3,(H,22,24,27)/t13-/m1/s1. The first-order chi connectivity index (χ1) is 13.5. The van der Waals surface area contributed by atoms with E-state index in [0.29, 0.717) is 35.2 Å².